The number of aliphatic hydroxyl groups is 1. The minimum atomic E-state index is -0.444. The molecule has 0 amide bonds. The topological polar surface area (TPSA) is 20.2 Å². The molecule has 2 fully saturated rings. The maximum absolute atomic E-state index is 10.9. The fraction of sp³-hybridized carbons (Fsp3) is 0.800. The Morgan fingerprint density at radius 2 is 1.81 bits per heavy atom. The van der Waals surface area contributed by atoms with Crippen LogP contribution in [0.25, 0.3) is 0 Å². The van der Waals surface area contributed by atoms with E-state index in [1.165, 1.54) is 38.5 Å². The van der Waals surface area contributed by atoms with Crippen molar-refractivity contribution < 1.29 is 5.11 Å². The molecule has 6 atom stereocenters. The van der Waals surface area contributed by atoms with Crippen molar-refractivity contribution in [1.82, 2.24) is 0 Å². The quantitative estimate of drug-likeness (QED) is 0.674. The van der Waals surface area contributed by atoms with Crippen molar-refractivity contribution in [3.8, 4) is 0 Å². The van der Waals surface area contributed by atoms with Gasteiger partial charge in [-0.3, -0.25) is 0 Å². The molecular weight excluding hydrogens is 256 g/mol. The van der Waals surface area contributed by atoms with Crippen LogP contribution in [-0.4, -0.2) is 10.7 Å². The first kappa shape index (κ1) is 14.1. The summed E-state index contributed by atoms with van der Waals surface area (Å²) in [7, 11) is 0. The Kier molecular flexibility index (Phi) is 2.85. The minimum Gasteiger partial charge on any atom is -0.390 e. The highest BCUT2D eigenvalue weighted by Gasteiger charge is 2.61. The van der Waals surface area contributed by atoms with E-state index in [-0.39, 0.29) is 5.41 Å². The fourth-order valence-corrected chi connectivity index (χ4v) is 6.54. The average molecular weight is 286 g/mol. The SMILES string of the molecule is CC12CCC=CC1=CCC1C2CCC2(C)C1CCC2(C)O. The Hall–Kier alpha value is -0.560. The second-order valence-corrected chi connectivity index (χ2v) is 8.90. The van der Waals surface area contributed by atoms with Gasteiger partial charge in [-0.05, 0) is 86.0 Å². The van der Waals surface area contributed by atoms with E-state index in [9.17, 15) is 5.11 Å². The zero-order chi connectivity index (χ0) is 14.9. The fourth-order valence-electron chi connectivity index (χ4n) is 6.54. The summed E-state index contributed by atoms with van der Waals surface area (Å²) in [5.41, 5.74) is 1.73. The van der Waals surface area contributed by atoms with Crippen molar-refractivity contribution in [2.75, 3.05) is 0 Å². The highest BCUT2D eigenvalue weighted by atomic mass is 16.3. The summed E-state index contributed by atoms with van der Waals surface area (Å²) in [6.45, 7) is 7.00. The number of fused-ring (bicyclic) bond motifs is 5. The van der Waals surface area contributed by atoms with E-state index in [4.69, 9.17) is 0 Å². The number of hydrogen-bond acceptors (Lipinski definition) is 1. The van der Waals surface area contributed by atoms with Gasteiger partial charge in [-0.2, -0.15) is 0 Å². The third-order valence-corrected chi connectivity index (χ3v) is 8.21. The van der Waals surface area contributed by atoms with E-state index in [1.54, 1.807) is 5.57 Å². The summed E-state index contributed by atoms with van der Waals surface area (Å²) in [6, 6.07) is 0. The molecule has 0 aromatic rings. The molecule has 1 nitrogen and oxygen atoms in total. The molecule has 4 aliphatic rings. The molecule has 0 radical (unpaired) electrons. The van der Waals surface area contributed by atoms with Crippen LogP contribution in [0, 0.1) is 28.6 Å². The van der Waals surface area contributed by atoms with Crippen LogP contribution in [0.15, 0.2) is 23.8 Å². The Morgan fingerprint density at radius 1 is 1.05 bits per heavy atom. The van der Waals surface area contributed by atoms with Crippen LogP contribution < -0.4 is 0 Å². The number of rotatable bonds is 0. The average Bonchev–Trinajstić information content (AvgIpc) is 2.69. The summed E-state index contributed by atoms with van der Waals surface area (Å²) in [5.74, 6) is 2.37. The Labute approximate surface area is 129 Å². The van der Waals surface area contributed by atoms with Crippen LogP contribution in [0.3, 0.4) is 0 Å². The van der Waals surface area contributed by atoms with Gasteiger partial charge in [0.1, 0.15) is 0 Å². The predicted octanol–water partition coefficient (Wildman–Crippen LogP) is 4.87. The molecule has 0 aliphatic heterocycles. The van der Waals surface area contributed by atoms with Crippen LogP contribution >= 0.6 is 0 Å². The second-order valence-electron chi connectivity index (χ2n) is 8.90. The summed E-state index contributed by atoms with van der Waals surface area (Å²) in [4.78, 5) is 0. The lowest BCUT2D eigenvalue weighted by Gasteiger charge is -2.57. The third-order valence-electron chi connectivity index (χ3n) is 8.21. The molecule has 0 heterocycles. The van der Waals surface area contributed by atoms with E-state index in [1.807, 2.05) is 0 Å². The van der Waals surface area contributed by atoms with Gasteiger partial charge in [-0.1, -0.05) is 32.1 Å². The van der Waals surface area contributed by atoms with E-state index in [2.05, 4.69) is 39.0 Å². The van der Waals surface area contributed by atoms with Gasteiger partial charge in [0.25, 0.3) is 0 Å². The number of allylic oxidation sites excluding steroid dienone is 4. The first-order chi connectivity index (χ1) is 9.88. The van der Waals surface area contributed by atoms with Gasteiger partial charge in [0.05, 0.1) is 5.60 Å². The zero-order valence-corrected chi connectivity index (χ0v) is 13.9. The van der Waals surface area contributed by atoms with Crippen molar-refractivity contribution >= 4 is 0 Å². The smallest absolute Gasteiger partial charge is 0.0675 e. The second kappa shape index (κ2) is 4.25. The molecule has 0 aromatic carbocycles. The summed E-state index contributed by atoms with van der Waals surface area (Å²) in [6.07, 6.45) is 15.9. The molecule has 4 rings (SSSR count). The largest absolute Gasteiger partial charge is 0.390 e. The first-order valence-electron chi connectivity index (χ1n) is 8.98. The Morgan fingerprint density at radius 3 is 2.62 bits per heavy atom. The molecule has 0 bridgehead atoms. The van der Waals surface area contributed by atoms with Crippen molar-refractivity contribution in [2.45, 2.75) is 71.3 Å². The molecule has 0 saturated heterocycles. The lowest BCUT2D eigenvalue weighted by Crippen LogP contribution is -2.53. The molecule has 116 valence electrons. The van der Waals surface area contributed by atoms with Gasteiger partial charge in [-0.15, -0.1) is 0 Å². The van der Waals surface area contributed by atoms with Crippen LogP contribution in [0.4, 0.5) is 0 Å². The summed E-state index contributed by atoms with van der Waals surface area (Å²) in [5, 5.41) is 10.9. The molecule has 2 saturated carbocycles. The maximum Gasteiger partial charge on any atom is 0.0675 e. The summed E-state index contributed by atoms with van der Waals surface area (Å²) < 4.78 is 0. The lowest BCUT2D eigenvalue weighted by molar-refractivity contribution is -0.111. The highest BCUT2D eigenvalue weighted by Crippen LogP contribution is 2.66. The lowest BCUT2D eigenvalue weighted by atomic mass is 9.48. The van der Waals surface area contributed by atoms with Crippen LogP contribution in [-0.2, 0) is 0 Å². The summed E-state index contributed by atoms with van der Waals surface area (Å²) >= 11 is 0. The van der Waals surface area contributed by atoms with E-state index in [0.717, 1.165) is 24.2 Å². The molecule has 21 heavy (non-hydrogen) atoms. The van der Waals surface area contributed by atoms with E-state index in [0.29, 0.717) is 5.41 Å². The molecule has 6 unspecified atom stereocenters. The molecule has 4 aliphatic carbocycles. The van der Waals surface area contributed by atoms with Gasteiger partial charge in [0.15, 0.2) is 0 Å². The minimum absolute atomic E-state index is 0.153. The standard InChI is InChI=1S/C20H30O/c1-18-11-5-4-6-14(18)7-8-15-16(18)9-12-19(2)17(15)10-13-20(19,3)21/h4,6-7,15-17,21H,5,8-13H2,1-3H3. The molecular formula is C20H30O. The van der Waals surface area contributed by atoms with Crippen molar-refractivity contribution in [3.05, 3.63) is 23.8 Å². The van der Waals surface area contributed by atoms with Crippen LogP contribution in [0.2, 0.25) is 0 Å². The molecule has 1 N–H and O–H groups in total. The van der Waals surface area contributed by atoms with Gasteiger partial charge in [-0.25, -0.2) is 0 Å². The molecule has 0 spiro atoms. The third kappa shape index (κ3) is 1.67. The van der Waals surface area contributed by atoms with E-state index >= 15 is 0 Å². The maximum atomic E-state index is 10.9. The van der Waals surface area contributed by atoms with Crippen molar-refractivity contribution in [3.63, 3.8) is 0 Å². The molecule has 0 aromatic heterocycles. The zero-order valence-electron chi connectivity index (χ0n) is 13.9. The highest BCUT2D eigenvalue weighted by molar-refractivity contribution is 5.34. The normalized spacial score (nSPS) is 55.4. The van der Waals surface area contributed by atoms with Crippen molar-refractivity contribution in [2.24, 2.45) is 28.6 Å². The predicted molar refractivity (Wildman–Crippen MR) is 86.8 cm³/mol. The molecule has 1 heteroatoms. The van der Waals surface area contributed by atoms with E-state index < -0.39 is 5.60 Å². The first-order valence-corrected chi connectivity index (χ1v) is 8.98. The van der Waals surface area contributed by atoms with Gasteiger partial charge in [0, 0.05) is 0 Å². The van der Waals surface area contributed by atoms with Gasteiger partial charge in [0.2, 0.25) is 0 Å². The van der Waals surface area contributed by atoms with Gasteiger partial charge < -0.3 is 5.11 Å². The Balaban J connectivity index is 1.73. The van der Waals surface area contributed by atoms with Gasteiger partial charge >= 0.3 is 0 Å². The van der Waals surface area contributed by atoms with Crippen molar-refractivity contribution in [1.29, 1.82) is 0 Å². The monoisotopic (exact) mass is 286 g/mol. The number of hydrogen-bond donors (Lipinski definition) is 1. The van der Waals surface area contributed by atoms with Crippen LogP contribution in [0.5, 0.6) is 0 Å². The van der Waals surface area contributed by atoms with Crippen LogP contribution in [0.1, 0.15) is 65.7 Å². The Bertz CT molecular complexity index is 514.